The highest BCUT2D eigenvalue weighted by molar-refractivity contribution is 4.93. The SMILES string of the molecule is CCCCC(CC)CC(C)(CNCC)C1CC1. The molecule has 1 fully saturated rings. The third kappa shape index (κ3) is 4.99. The van der Waals surface area contributed by atoms with Gasteiger partial charge in [0, 0.05) is 6.54 Å². The number of hydrogen-bond donors (Lipinski definition) is 1. The normalized spacial score (nSPS) is 21.2. The summed E-state index contributed by atoms with van der Waals surface area (Å²) in [5.74, 6) is 1.97. The van der Waals surface area contributed by atoms with Crippen molar-refractivity contribution in [1.29, 1.82) is 0 Å². The van der Waals surface area contributed by atoms with E-state index in [-0.39, 0.29) is 0 Å². The van der Waals surface area contributed by atoms with Crippen molar-refractivity contribution in [3.8, 4) is 0 Å². The molecule has 0 radical (unpaired) electrons. The Kier molecular flexibility index (Phi) is 6.54. The molecule has 1 aliphatic carbocycles. The van der Waals surface area contributed by atoms with Crippen molar-refractivity contribution < 1.29 is 0 Å². The third-order valence-electron chi connectivity index (χ3n) is 4.64. The molecule has 0 bridgehead atoms. The summed E-state index contributed by atoms with van der Waals surface area (Å²) in [4.78, 5) is 0. The molecule has 0 heterocycles. The smallest absolute Gasteiger partial charge is 0.000780 e. The first-order chi connectivity index (χ1) is 8.16. The predicted molar refractivity (Wildman–Crippen MR) is 77.3 cm³/mol. The van der Waals surface area contributed by atoms with E-state index in [0.717, 1.165) is 18.4 Å². The summed E-state index contributed by atoms with van der Waals surface area (Å²) in [5, 5.41) is 3.60. The van der Waals surface area contributed by atoms with Crippen molar-refractivity contribution in [2.24, 2.45) is 17.3 Å². The Balaban J connectivity index is 2.45. The zero-order chi connectivity index (χ0) is 12.7. The second-order valence-electron chi connectivity index (χ2n) is 6.33. The lowest BCUT2D eigenvalue weighted by Gasteiger charge is -2.34. The number of nitrogens with one attached hydrogen (secondary N) is 1. The highest BCUT2D eigenvalue weighted by Crippen LogP contribution is 2.49. The summed E-state index contributed by atoms with van der Waals surface area (Å²) < 4.78 is 0. The van der Waals surface area contributed by atoms with E-state index in [0.29, 0.717) is 5.41 Å². The summed E-state index contributed by atoms with van der Waals surface area (Å²) >= 11 is 0. The van der Waals surface area contributed by atoms with Crippen LogP contribution in [0.15, 0.2) is 0 Å². The Bertz CT molecular complexity index is 198. The van der Waals surface area contributed by atoms with E-state index >= 15 is 0 Å². The van der Waals surface area contributed by atoms with Gasteiger partial charge in [0.15, 0.2) is 0 Å². The lowest BCUT2D eigenvalue weighted by Crippen LogP contribution is -2.35. The van der Waals surface area contributed by atoms with Gasteiger partial charge in [0.1, 0.15) is 0 Å². The molecule has 0 spiro atoms. The molecular formula is C16H33N. The fourth-order valence-electron chi connectivity index (χ4n) is 3.18. The fraction of sp³-hybridized carbons (Fsp3) is 1.00. The van der Waals surface area contributed by atoms with Crippen LogP contribution >= 0.6 is 0 Å². The zero-order valence-corrected chi connectivity index (χ0v) is 12.5. The summed E-state index contributed by atoms with van der Waals surface area (Å²) in [6.07, 6.45) is 9.99. The Morgan fingerprint density at radius 1 is 1.24 bits per heavy atom. The van der Waals surface area contributed by atoms with Crippen LogP contribution in [0.25, 0.3) is 0 Å². The van der Waals surface area contributed by atoms with E-state index < -0.39 is 0 Å². The summed E-state index contributed by atoms with van der Waals surface area (Å²) in [6, 6.07) is 0. The molecule has 17 heavy (non-hydrogen) atoms. The van der Waals surface area contributed by atoms with Gasteiger partial charge in [0.25, 0.3) is 0 Å². The molecule has 1 aliphatic rings. The van der Waals surface area contributed by atoms with Gasteiger partial charge in [0.2, 0.25) is 0 Å². The van der Waals surface area contributed by atoms with Crippen LogP contribution in [0, 0.1) is 17.3 Å². The van der Waals surface area contributed by atoms with Crippen LogP contribution in [0.4, 0.5) is 0 Å². The van der Waals surface area contributed by atoms with Crippen LogP contribution in [-0.2, 0) is 0 Å². The monoisotopic (exact) mass is 239 g/mol. The van der Waals surface area contributed by atoms with Gasteiger partial charge in [-0.1, -0.05) is 53.4 Å². The molecular weight excluding hydrogens is 206 g/mol. The largest absolute Gasteiger partial charge is 0.316 e. The summed E-state index contributed by atoms with van der Waals surface area (Å²) in [6.45, 7) is 11.8. The molecule has 0 aromatic carbocycles. The average Bonchev–Trinajstić information content (AvgIpc) is 3.16. The Labute approximate surface area is 109 Å². The zero-order valence-electron chi connectivity index (χ0n) is 12.5. The van der Waals surface area contributed by atoms with E-state index in [4.69, 9.17) is 0 Å². The fourth-order valence-corrected chi connectivity index (χ4v) is 3.18. The lowest BCUT2D eigenvalue weighted by atomic mass is 9.74. The average molecular weight is 239 g/mol. The van der Waals surface area contributed by atoms with Gasteiger partial charge in [0.05, 0.1) is 0 Å². The maximum Gasteiger partial charge on any atom is 0.000780 e. The highest BCUT2D eigenvalue weighted by Gasteiger charge is 2.41. The molecule has 0 aliphatic heterocycles. The minimum absolute atomic E-state index is 0.574. The first kappa shape index (κ1) is 15.0. The maximum atomic E-state index is 3.60. The van der Waals surface area contributed by atoms with Crippen LogP contribution in [-0.4, -0.2) is 13.1 Å². The quantitative estimate of drug-likeness (QED) is 0.586. The topological polar surface area (TPSA) is 12.0 Å². The molecule has 1 nitrogen and oxygen atoms in total. The maximum absolute atomic E-state index is 3.60. The van der Waals surface area contributed by atoms with Crippen molar-refractivity contribution >= 4 is 0 Å². The Morgan fingerprint density at radius 3 is 2.41 bits per heavy atom. The molecule has 102 valence electrons. The molecule has 0 aromatic rings. The Morgan fingerprint density at radius 2 is 1.94 bits per heavy atom. The van der Waals surface area contributed by atoms with Crippen molar-refractivity contribution in [2.45, 2.75) is 72.6 Å². The van der Waals surface area contributed by atoms with Gasteiger partial charge in [-0.3, -0.25) is 0 Å². The molecule has 1 rings (SSSR count). The molecule has 0 aromatic heterocycles. The van der Waals surface area contributed by atoms with Crippen LogP contribution < -0.4 is 5.32 Å². The molecule has 2 unspecified atom stereocenters. The second kappa shape index (κ2) is 7.41. The van der Waals surface area contributed by atoms with Gasteiger partial charge >= 0.3 is 0 Å². The summed E-state index contributed by atoms with van der Waals surface area (Å²) in [7, 11) is 0. The van der Waals surface area contributed by atoms with Crippen molar-refractivity contribution in [2.75, 3.05) is 13.1 Å². The number of unbranched alkanes of at least 4 members (excludes halogenated alkanes) is 1. The molecule has 2 atom stereocenters. The third-order valence-corrected chi connectivity index (χ3v) is 4.64. The van der Waals surface area contributed by atoms with Gasteiger partial charge in [-0.2, -0.15) is 0 Å². The molecule has 1 saturated carbocycles. The molecule has 1 heteroatoms. The standard InChI is InChI=1S/C16H33N/c1-5-8-9-14(6-2)12-16(4,13-17-7-3)15-10-11-15/h14-15,17H,5-13H2,1-4H3. The molecule has 0 amide bonds. The Hall–Kier alpha value is -0.0400. The molecule has 1 N–H and O–H groups in total. The van der Waals surface area contributed by atoms with Gasteiger partial charge < -0.3 is 5.32 Å². The lowest BCUT2D eigenvalue weighted by molar-refractivity contribution is 0.185. The first-order valence-corrected chi connectivity index (χ1v) is 7.87. The van der Waals surface area contributed by atoms with Gasteiger partial charge in [-0.05, 0) is 43.1 Å². The van der Waals surface area contributed by atoms with E-state index in [9.17, 15) is 0 Å². The van der Waals surface area contributed by atoms with Crippen LogP contribution in [0.1, 0.15) is 72.6 Å². The van der Waals surface area contributed by atoms with Crippen LogP contribution in [0.5, 0.6) is 0 Å². The van der Waals surface area contributed by atoms with Crippen molar-refractivity contribution in [3.05, 3.63) is 0 Å². The minimum atomic E-state index is 0.574. The molecule has 0 saturated heterocycles. The van der Waals surface area contributed by atoms with E-state index in [1.165, 1.54) is 51.5 Å². The second-order valence-corrected chi connectivity index (χ2v) is 6.33. The van der Waals surface area contributed by atoms with E-state index in [1.54, 1.807) is 0 Å². The van der Waals surface area contributed by atoms with Crippen molar-refractivity contribution in [1.82, 2.24) is 5.32 Å². The first-order valence-electron chi connectivity index (χ1n) is 7.87. The van der Waals surface area contributed by atoms with Gasteiger partial charge in [-0.15, -0.1) is 0 Å². The highest BCUT2D eigenvalue weighted by atomic mass is 14.9. The predicted octanol–water partition coefficient (Wildman–Crippen LogP) is 4.62. The van der Waals surface area contributed by atoms with Gasteiger partial charge in [-0.25, -0.2) is 0 Å². The van der Waals surface area contributed by atoms with Crippen LogP contribution in [0.3, 0.4) is 0 Å². The number of rotatable bonds is 10. The summed E-state index contributed by atoms with van der Waals surface area (Å²) in [5.41, 5.74) is 0.574. The van der Waals surface area contributed by atoms with E-state index in [1.807, 2.05) is 0 Å². The van der Waals surface area contributed by atoms with Crippen LogP contribution in [0.2, 0.25) is 0 Å². The van der Waals surface area contributed by atoms with E-state index in [2.05, 4.69) is 33.0 Å². The number of hydrogen-bond acceptors (Lipinski definition) is 1. The van der Waals surface area contributed by atoms with Crippen molar-refractivity contribution in [3.63, 3.8) is 0 Å². The minimum Gasteiger partial charge on any atom is -0.316 e.